The number of sulfonamides is 1. The molecule has 0 spiro atoms. The smallest absolute Gasteiger partial charge is 0.276 e. The van der Waals surface area contributed by atoms with E-state index >= 15 is 0 Å². The van der Waals surface area contributed by atoms with Crippen LogP contribution in [0.2, 0.25) is 0 Å². The second-order valence-electron chi connectivity index (χ2n) is 5.48. The third-order valence-electron chi connectivity index (χ3n) is 3.95. The largest absolute Gasteiger partial charge is 0.335 e. The van der Waals surface area contributed by atoms with Crippen molar-refractivity contribution >= 4 is 15.9 Å². The molecule has 1 saturated heterocycles. The fraction of sp³-hybridized carbons (Fsp3) is 0.692. The molecule has 1 atom stereocenters. The zero-order valence-corrected chi connectivity index (χ0v) is 13.2. The summed E-state index contributed by atoms with van der Waals surface area (Å²) in [5.74, 6) is -0.357. The number of H-pyrrole nitrogens is 1. The minimum absolute atomic E-state index is 0.0788. The standard InChI is InChI=1S/C13H22N4O3S/c1-3-10-12(21(14,19)20)11(16-15-10)13(18)17-8-6-4-5-7-9(17)2/h9H,3-8H2,1-2H3,(H,15,16)(H2,14,19,20). The Morgan fingerprint density at radius 1 is 1.43 bits per heavy atom. The molecule has 1 aromatic rings. The molecule has 8 heteroatoms. The molecular formula is C13H22N4O3S. The molecule has 0 saturated carbocycles. The van der Waals surface area contributed by atoms with E-state index in [4.69, 9.17) is 5.14 Å². The number of aromatic amines is 1. The molecule has 118 valence electrons. The number of nitrogens with zero attached hydrogens (tertiary/aromatic N) is 2. The fourth-order valence-corrected chi connectivity index (χ4v) is 3.71. The zero-order chi connectivity index (χ0) is 15.6. The number of nitrogens with two attached hydrogens (primary N) is 1. The van der Waals surface area contributed by atoms with Gasteiger partial charge in [0.25, 0.3) is 5.91 Å². The van der Waals surface area contributed by atoms with Crippen molar-refractivity contribution in [1.82, 2.24) is 15.1 Å². The highest BCUT2D eigenvalue weighted by atomic mass is 32.2. The first-order valence-corrected chi connectivity index (χ1v) is 8.82. The van der Waals surface area contributed by atoms with Gasteiger partial charge in [0, 0.05) is 12.6 Å². The number of nitrogens with one attached hydrogen (secondary N) is 1. The van der Waals surface area contributed by atoms with Crippen LogP contribution in [-0.4, -0.2) is 42.0 Å². The van der Waals surface area contributed by atoms with Gasteiger partial charge in [-0.3, -0.25) is 9.89 Å². The van der Waals surface area contributed by atoms with Gasteiger partial charge in [-0.25, -0.2) is 13.6 Å². The van der Waals surface area contributed by atoms with Gasteiger partial charge in [0.05, 0.1) is 5.69 Å². The van der Waals surface area contributed by atoms with E-state index < -0.39 is 10.0 Å². The molecule has 0 aromatic carbocycles. The lowest BCUT2D eigenvalue weighted by Gasteiger charge is -2.26. The van der Waals surface area contributed by atoms with Gasteiger partial charge in [0.15, 0.2) is 5.69 Å². The maximum atomic E-state index is 12.7. The number of rotatable bonds is 3. The summed E-state index contributed by atoms with van der Waals surface area (Å²) in [5, 5.41) is 11.8. The second kappa shape index (κ2) is 6.15. The number of hydrogen-bond acceptors (Lipinski definition) is 4. The Hall–Kier alpha value is -1.41. The van der Waals surface area contributed by atoms with Gasteiger partial charge in [-0.2, -0.15) is 5.10 Å². The number of carbonyl (C=O) groups excluding carboxylic acids is 1. The summed E-state index contributed by atoms with van der Waals surface area (Å²) in [4.78, 5) is 14.2. The van der Waals surface area contributed by atoms with E-state index in [-0.39, 0.29) is 22.5 Å². The van der Waals surface area contributed by atoms with Crippen LogP contribution in [0.25, 0.3) is 0 Å². The van der Waals surface area contributed by atoms with Gasteiger partial charge >= 0.3 is 0 Å². The monoisotopic (exact) mass is 314 g/mol. The molecule has 1 unspecified atom stereocenters. The molecule has 2 heterocycles. The van der Waals surface area contributed by atoms with E-state index in [9.17, 15) is 13.2 Å². The summed E-state index contributed by atoms with van der Waals surface area (Å²) in [7, 11) is -3.98. The van der Waals surface area contributed by atoms with Gasteiger partial charge in [-0.05, 0) is 26.2 Å². The van der Waals surface area contributed by atoms with Crippen LogP contribution >= 0.6 is 0 Å². The van der Waals surface area contributed by atoms with Gasteiger partial charge in [-0.1, -0.05) is 19.8 Å². The predicted molar refractivity (Wildman–Crippen MR) is 78.3 cm³/mol. The molecule has 0 radical (unpaired) electrons. The number of aryl methyl sites for hydroxylation is 1. The van der Waals surface area contributed by atoms with Crippen LogP contribution < -0.4 is 5.14 Å². The Kier molecular flexibility index (Phi) is 4.67. The maximum absolute atomic E-state index is 12.7. The SMILES string of the molecule is CCc1[nH]nc(C(=O)N2CCCCCC2C)c1S(N)(=O)=O. The van der Waals surface area contributed by atoms with Crippen LogP contribution in [0.5, 0.6) is 0 Å². The lowest BCUT2D eigenvalue weighted by atomic mass is 10.1. The molecule has 0 bridgehead atoms. The van der Waals surface area contributed by atoms with Crippen LogP contribution in [0.4, 0.5) is 0 Å². The lowest BCUT2D eigenvalue weighted by molar-refractivity contribution is 0.0687. The Morgan fingerprint density at radius 3 is 2.76 bits per heavy atom. The molecule has 1 aromatic heterocycles. The van der Waals surface area contributed by atoms with Crippen molar-refractivity contribution in [2.75, 3.05) is 6.54 Å². The summed E-state index contributed by atoms with van der Waals surface area (Å²) in [6.45, 7) is 4.39. The van der Waals surface area contributed by atoms with Crippen molar-refractivity contribution < 1.29 is 13.2 Å². The van der Waals surface area contributed by atoms with Crippen molar-refractivity contribution in [3.63, 3.8) is 0 Å². The van der Waals surface area contributed by atoms with Gasteiger partial charge in [0.1, 0.15) is 4.90 Å². The molecule has 21 heavy (non-hydrogen) atoms. The predicted octanol–water partition coefficient (Wildman–Crippen LogP) is 1.02. The topological polar surface area (TPSA) is 109 Å². The summed E-state index contributed by atoms with van der Waals surface area (Å²) in [6.07, 6.45) is 4.42. The summed E-state index contributed by atoms with van der Waals surface area (Å²) < 4.78 is 23.6. The third-order valence-corrected chi connectivity index (χ3v) is 4.96. The van der Waals surface area contributed by atoms with Crippen LogP contribution in [0.1, 0.15) is 55.7 Å². The van der Waals surface area contributed by atoms with Gasteiger partial charge < -0.3 is 4.90 Å². The van der Waals surface area contributed by atoms with E-state index in [0.717, 1.165) is 25.7 Å². The first kappa shape index (κ1) is 16.0. The second-order valence-corrected chi connectivity index (χ2v) is 6.97. The fourth-order valence-electron chi connectivity index (χ4n) is 2.77. The number of likely N-dealkylation sites (tertiary alicyclic amines) is 1. The van der Waals surface area contributed by atoms with Crippen molar-refractivity contribution in [1.29, 1.82) is 0 Å². The van der Waals surface area contributed by atoms with Crippen LogP contribution in [0, 0.1) is 0 Å². The van der Waals surface area contributed by atoms with Crippen LogP contribution in [-0.2, 0) is 16.4 Å². The van der Waals surface area contributed by atoms with E-state index in [0.29, 0.717) is 18.7 Å². The highest BCUT2D eigenvalue weighted by Gasteiger charge is 2.31. The lowest BCUT2D eigenvalue weighted by Crippen LogP contribution is -2.39. The molecule has 1 aliphatic heterocycles. The molecule has 3 N–H and O–H groups in total. The van der Waals surface area contributed by atoms with E-state index in [1.807, 2.05) is 6.92 Å². The minimum Gasteiger partial charge on any atom is -0.335 e. The maximum Gasteiger partial charge on any atom is 0.276 e. The first-order valence-electron chi connectivity index (χ1n) is 7.27. The third kappa shape index (κ3) is 3.26. The summed E-state index contributed by atoms with van der Waals surface area (Å²) in [5.41, 5.74) is 0.298. The Balaban J connectivity index is 2.41. The quantitative estimate of drug-likeness (QED) is 0.868. The molecule has 2 rings (SSSR count). The van der Waals surface area contributed by atoms with Crippen LogP contribution in [0.15, 0.2) is 4.90 Å². The van der Waals surface area contributed by atoms with Gasteiger partial charge in [-0.15, -0.1) is 0 Å². The highest BCUT2D eigenvalue weighted by molar-refractivity contribution is 7.89. The highest BCUT2D eigenvalue weighted by Crippen LogP contribution is 2.23. The average Bonchev–Trinajstić information content (AvgIpc) is 2.75. The van der Waals surface area contributed by atoms with Crippen molar-refractivity contribution in [3.8, 4) is 0 Å². The first-order chi connectivity index (χ1) is 9.86. The summed E-state index contributed by atoms with van der Waals surface area (Å²) >= 11 is 0. The van der Waals surface area contributed by atoms with E-state index in [2.05, 4.69) is 10.2 Å². The van der Waals surface area contributed by atoms with E-state index in [1.165, 1.54) is 0 Å². The average molecular weight is 314 g/mol. The summed E-state index contributed by atoms with van der Waals surface area (Å²) in [6, 6.07) is 0.0788. The Bertz CT molecular complexity index is 623. The molecule has 1 aliphatic rings. The Morgan fingerprint density at radius 2 is 2.14 bits per heavy atom. The number of hydrogen-bond donors (Lipinski definition) is 2. The van der Waals surface area contributed by atoms with Crippen molar-refractivity contribution in [3.05, 3.63) is 11.4 Å². The number of aromatic nitrogens is 2. The molecular weight excluding hydrogens is 292 g/mol. The van der Waals surface area contributed by atoms with Crippen molar-refractivity contribution in [2.45, 2.75) is 56.9 Å². The molecule has 7 nitrogen and oxygen atoms in total. The molecule has 1 fully saturated rings. The normalized spacial score (nSPS) is 20.3. The Labute approximate surface area is 124 Å². The van der Waals surface area contributed by atoms with E-state index in [1.54, 1.807) is 11.8 Å². The molecule has 1 amide bonds. The molecule has 0 aliphatic carbocycles. The number of primary sulfonamides is 1. The number of carbonyl (C=O) groups is 1. The van der Waals surface area contributed by atoms with Crippen molar-refractivity contribution in [2.24, 2.45) is 5.14 Å². The van der Waals surface area contributed by atoms with Crippen LogP contribution in [0.3, 0.4) is 0 Å². The number of amides is 1. The minimum atomic E-state index is -3.98. The zero-order valence-electron chi connectivity index (χ0n) is 12.4. The van der Waals surface area contributed by atoms with Gasteiger partial charge in [0.2, 0.25) is 10.0 Å².